The highest BCUT2D eigenvalue weighted by Crippen LogP contribution is 1.93. The molecule has 0 aromatic heterocycles. The molecular weight excluding hydrogens is 106 g/mol. The fraction of sp³-hybridized carbons (Fsp3) is 0.200. The predicted molar refractivity (Wildman–Crippen MR) is 34.8 cm³/mol. The molecule has 0 amide bonds. The van der Waals surface area contributed by atoms with Crippen molar-refractivity contribution in [2.45, 2.75) is 6.42 Å². The molecular formula is C5H5NS. The van der Waals surface area contributed by atoms with Crippen molar-refractivity contribution in [1.29, 1.82) is 0 Å². The number of allylic oxidation sites excluding steroid dienone is 1. The molecule has 2 heteroatoms. The first-order valence-corrected chi connectivity index (χ1v) is 2.52. The van der Waals surface area contributed by atoms with E-state index in [4.69, 9.17) is 12.2 Å². The summed E-state index contributed by atoms with van der Waals surface area (Å²) in [6.45, 7) is 0. The minimum atomic E-state index is 0.780. The second-order valence-electron chi connectivity index (χ2n) is 1.30. The second kappa shape index (κ2) is 1.98. The number of nitrogens with zero attached hydrogens (tertiary/aromatic N) is 1. The fourth-order valence-electron chi connectivity index (χ4n) is 0.409. The van der Waals surface area contributed by atoms with Crippen LogP contribution in [-0.4, -0.2) is 11.2 Å². The predicted octanol–water partition coefficient (Wildman–Crippen LogP) is 1.34. The van der Waals surface area contributed by atoms with Crippen LogP contribution in [0.3, 0.4) is 0 Å². The molecule has 0 bridgehead atoms. The molecule has 1 aliphatic rings. The van der Waals surface area contributed by atoms with Crippen LogP contribution in [0.5, 0.6) is 0 Å². The summed E-state index contributed by atoms with van der Waals surface area (Å²) in [6.07, 6.45) is 6.45. The molecule has 0 saturated carbocycles. The molecule has 7 heavy (non-hydrogen) atoms. The van der Waals surface area contributed by atoms with Gasteiger partial charge in [-0.15, -0.1) is 0 Å². The molecule has 0 spiro atoms. The van der Waals surface area contributed by atoms with E-state index in [9.17, 15) is 0 Å². The summed E-state index contributed by atoms with van der Waals surface area (Å²) in [5.41, 5.74) is 0. The Hall–Kier alpha value is -0.500. The molecule has 1 rings (SSSR count). The van der Waals surface area contributed by atoms with Crippen LogP contribution in [0, 0.1) is 0 Å². The van der Waals surface area contributed by atoms with Crippen molar-refractivity contribution in [2.24, 2.45) is 4.99 Å². The van der Waals surface area contributed by atoms with Crippen molar-refractivity contribution in [3.63, 3.8) is 0 Å². The zero-order chi connectivity index (χ0) is 5.11. The molecule has 0 N–H and O–H groups in total. The van der Waals surface area contributed by atoms with E-state index in [2.05, 4.69) is 4.99 Å². The lowest BCUT2D eigenvalue weighted by Gasteiger charge is -1.91. The van der Waals surface area contributed by atoms with Gasteiger partial charge in [0.25, 0.3) is 0 Å². The quantitative estimate of drug-likeness (QED) is 0.430. The molecule has 0 aromatic rings. The molecule has 0 saturated heterocycles. The van der Waals surface area contributed by atoms with Crippen LogP contribution >= 0.6 is 12.2 Å². The third kappa shape index (κ3) is 1.20. The van der Waals surface area contributed by atoms with Crippen LogP contribution in [-0.2, 0) is 0 Å². The van der Waals surface area contributed by atoms with Gasteiger partial charge in [0.1, 0.15) is 4.99 Å². The van der Waals surface area contributed by atoms with Crippen LogP contribution in [0.25, 0.3) is 0 Å². The highest BCUT2D eigenvalue weighted by Gasteiger charge is 1.88. The smallest absolute Gasteiger partial charge is 0.107 e. The van der Waals surface area contributed by atoms with Gasteiger partial charge in [0.2, 0.25) is 0 Å². The number of thiocarbonyl (C=S) groups is 1. The van der Waals surface area contributed by atoms with E-state index in [0.29, 0.717) is 0 Å². The summed E-state index contributed by atoms with van der Waals surface area (Å²) >= 11 is 4.76. The van der Waals surface area contributed by atoms with E-state index in [0.717, 1.165) is 11.4 Å². The van der Waals surface area contributed by atoms with Gasteiger partial charge < -0.3 is 0 Å². The monoisotopic (exact) mass is 111 g/mol. The van der Waals surface area contributed by atoms with Gasteiger partial charge >= 0.3 is 0 Å². The Balaban J connectivity index is 2.66. The van der Waals surface area contributed by atoms with Crippen LogP contribution in [0.15, 0.2) is 17.1 Å². The maximum Gasteiger partial charge on any atom is 0.107 e. The molecule has 0 aliphatic carbocycles. The van der Waals surface area contributed by atoms with Gasteiger partial charge in [0, 0.05) is 12.6 Å². The van der Waals surface area contributed by atoms with Crippen molar-refractivity contribution >= 4 is 23.4 Å². The van der Waals surface area contributed by atoms with E-state index in [1.165, 1.54) is 0 Å². The number of hydrogen-bond acceptors (Lipinski definition) is 1. The Bertz CT molecular complexity index is 135. The first kappa shape index (κ1) is 4.65. The Morgan fingerprint density at radius 2 is 2.57 bits per heavy atom. The van der Waals surface area contributed by atoms with E-state index >= 15 is 0 Å². The standard InChI is InChI=1S/C5H5NS/c7-5-3-1-2-4-6-5/h1-2,4H,3H2. The molecule has 0 radical (unpaired) electrons. The van der Waals surface area contributed by atoms with Gasteiger partial charge in [0.05, 0.1) is 0 Å². The van der Waals surface area contributed by atoms with Gasteiger partial charge in [-0.1, -0.05) is 18.3 Å². The summed E-state index contributed by atoms with van der Waals surface area (Å²) in [6, 6.07) is 0. The average Bonchev–Trinajstić information content (AvgIpc) is 1.69. The highest BCUT2D eigenvalue weighted by atomic mass is 32.1. The van der Waals surface area contributed by atoms with Gasteiger partial charge in [-0.2, -0.15) is 0 Å². The number of aliphatic imine (C=N–C) groups is 1. The van der Waals surface area contributed by atoms with Crippen molar-refractivity contribution in [2.75, 3.05) is 0 Å². The summed E-state index contributed by atoms with van der Waals surface area (Å²) in [7, 11) is 0. The fourth-order valence-corrected chi connectivity index (χ4v) is 0.566. The van der Waals surface area contributed by atoms with Gasteiger partial charge in [-0.05, 0) is 6.08 Å². The molecule has 0 atom stereocenters. The largest absolute Gasteiger partial charge is 0.249 e. The van der Waals surface area contributed by atoms with Gasteiger partial charge in [-0.3, -0.25) is 0 Å². The summed E-state index contributed by atoms with van der Waals surface area (Å²) < 4.78 is 0. The summed E-state index contributed by atoms with van der Waals surface area (Å²) in [5, 5.41) is 0. The summed E-state index contributed by atoms with van der Waals surface area (Å²) in [4.78, 5) is 4.63. The second-order valence-corrected chi connectivity index (χ2v) is 1.78. The minimum absolute atomic E-state index is 0.780. The Morgan fingerprint density at radius 1 is 1.71 bits per heavy atom. The molecule has 1 nitrogen and oxygen atoms in total. The van der Waals surface area contributed by atoms with Crippen LogP contribution in [0.2, 0.25) is 0 Å². The van der Waals surface area contributed by atoms with Crippen LogP contribution in [0.1, 0.15) is 6.42 Å². The Morgan fingerprint density at radius 3 is 2.86 bits per heavy atom. The topological polar surface area (TPSA) is 12.4 Å². The van der Waals surface area contributed by atoms with Gasteiger partial charge in [0.15, 0.2) is 0 Å². The summed E-state index contributed by atoms with van der Waals surface area (Å²) in [5.74, 6) is 0. The lowest BCUT2D eigenvalue weighted by molar-refractivity contribution is 1.45. The molecule has 0 unspecified atom stereocenters. The Kier molecular flexibility index (Phi) is 1.32. The van der Waals surface area contributed by atoms with Crippen molar-refractivity contribution in [3.8, 4) is 0 Å². The highest BCUT2D eigenvalue weighted by molar-refractivity contribution is 7.80. The molecule has 1 heterocycles. The molecule has 0 fully saturated rings. The maximum absolute atomic E-state index is 4.76. The number of rotatable bonds is 0. The zero-order valence-electron chi connectivity index (χ0n) is 3.79. The Labute approximate surface area is 47.8 Å². The van der Waals surface area contributed by atoms with Crippen molar-refractivity contribution in [1.82, 2.24) is 0 Å². The third-order valence-electron chi connectivity index (χ3n) is 0.733. The van der Waals surface area contributed by atoms with Crippen molar-refractivity contribution < 1.29 is 0 Å². The van der Waals surface area contributed by atoms with E-state index in [1.807, 2.05) is 12.2 Å². The van der Waals surface area contributed by atoms with Gasteiger partial charge in [-0.25, -0.2) is 4.99 Å². The van der Waals surface area contributed by atoms with Crippen LogP contribution in [0.4, 0.5) is 0 Å². The SMILES string of the molecule is S=C1CC=CC=N1. The first-order chi connectivity index (χ1) is 3.39. The molecule has 36 valence electrons. The zero-order valence-corrected chi connectivity index (χ0v) is 4.61. The normalized spacial score (nSPS) is 18.0. The molecule has 1 aliphatic heterocycles. The number of dihydropyridines is 1. The van der Waals surface area contributed by atoms with E-state index in [-0.39, 0.29) is 0 Å². The van der Waals surface area contributed by atoms with Crippen molar-refractivity contribution in [3.05, 3.63) is 12.2 Å². The molecule has 0 aromatic carbocycles. The first-order valence-electron chi connectivity index (χ1n) is 2.11. The van der Waals surface area contributed by atoms with E-state index < -0.39 is 0 Å². The van der Waals surface area contributed by atoms with E-state index in [1.54, 1.807) is 6.21 Å². The van der Waals surface area contributed by atoms with Crippen LogP contribution < -0.4 is 0 Å². The lowest BCUT2D eigenvalue weighted by Crippen LogP contribution is -1.90. The number of hydrogen-bond donors (Lipinski definition) is 0. The minimum Gasteiger partial charge on any atom is -0.249 e. The average molecular weight is 111 g/mol. The third-order valence-corrected chi connectivity index (χ3v) is 1.01. The maximum atomic E-state index is 4.76. The lowest BCUT2D eigenvalue weighted by atomic mass is 10.3.